The molecule has 0 aromatic rings. The zero-order chi connectivity index (χ0) is 46.5. The van der Waals surface area contributed by atoms with E-state index in [1.807, 2.05) is 6.08 Å². The highest BCUT2D eigenvalue weighted by molar-refractivity contribution is 5.72. The Morgan fingerprint density at radius 3 is 1.05 bits per heavy atom. The van der Waals surface area contributed by atoms with Crippen LogP contribution in [-0.4, -0.2) is 37.2 Å². The van der Waals surface area contributed by atoms with Gasteiger partial charge in [0.05, 0.1) is 6.42 Å². The van der Waals surface area contributed by atoms with Crippen LogP contribution < -0.4 is 0 Å². The lowest BCUT2D eigenvalue weighted by molar-refractivity contribution is -0.166. The van der Waals surface area contributed by atoms with Gasteiger partial charge in [0.1, 0.15) is 13.2 Å². The minimum absolute atomic E-state index is 0.0850. The molecule has 0 fully saturated rings. The van der Waals surface area contributed by atoms with E-state index in [0.29, 0.717) is 19.3 Å². The van der Waals surface area contributed by atoms with Gasteiger partial charge in [0.25, 0.3) is 0 Å². The van der Waals surface area contributed by atoms with Crippen LogP contribution in [0.15, 0.2) is 122 Å². The van der Waals surface area contributed by atoms with Gasteiger partial charge >= 0.3 is 17.9 Å². The van der Waals surface area contributed by atoms with E-state index < -0.39 is 12.1 Å². The van der Waals surface area contributed by atoms with E-state index in [1.165, 1.54) is 44.9 Å². The maximum atomic E-state index is 12.7. The molecule has 360 valence electrons. The number of esters is 3. The minimum Gasteiger partial charge on any atom is -0.462 e. The number of ether oxygens (including phenoxy) is 3. The van der Waals surface area contributed by atoms with Crippen LogP contribution in [0.4, 0.5) is 0 Å². The Kier molecular flexibility index (Phi) is 48.1. The van der Waals surface area contributed by atoms with Crippen molar-refractivity contribution in [1.29, 1.82) is 0 Å². The van der Waals surface area contributed by atoms with Crippen LogP contribution in [0.2, 0.25) is 0 Å². The lowest BCUT2D eigenvalue weighted by Gasteiger charge is -2.18. The highest BCUT2D eigenvalue weighted by Crippen LogP contribution is 2.12. The van der Waals surface area contributed by atoms with Gasteiger partial charge in [-0.05, 0) is 109 Å². The predicted octanol–water partition coefficient (Wildman–Crippen LogP) is 16.9. The SMILES string of the molecule is CC/C=C\C/C=C\C/C=C\C/C=C\C/C=C\CC(=O)OC(COC(=O)CCCCCC/C=C\C/C=C\C/C=C\C/C=C\CC)COC(=O)CCCCCCC/C=C\CCCCCCC. The number of hydrogen-bond donors (Lipinski definition) is 0. The quantitative estimate of drug-likeness (QED) is 0.0262. The average molecular weight is 885 g/mol. The van der Waals surface area contributed by atoms with Crippen molar-refractivity contribution in [2.45, 2.75) is 213 Å². The van der Waals surface area contributed by atoms with Crippen LogP contribution in [0.25, 0.3) is 0 Å². The van der Waals surface area contributed by atoms with E-state index in [4.69, 9.17) is 14.2 Å². The number of hydrogen-bond acceptors (Lipinski definition) is 6. The Bertz CT molecular complexity index is 1390. The molecule has 1 atom stereocenters. The van der Waals surface area contributed by atoms with Crippen molar-refractivity contribution in [3.05, 3.63) is 122 Å². The summed E-state index contributed by atoms with van der Waals surface area (Å²) in [5.41, 5.74) is 0. The maximum absolute atomic E-state index is 12.7. The molecular weight excluding hydrogens is 793 g/mol. The molecule has 0 bridgehead atoms. The standard InChI is InChI=1S/C58H92O6/c1-4-7-10-13-16-19-22-25-28-29-31-33-36-39-42-45-48-51-57(60)63-54-55(53-62-56(59)50-47-44-41-38-35-32-27-24-21-18-15-12-9-6-3)64-58(61)52-49-46-43-40-37-34-30-26-23-20-17-14-11-8-5-2/h7-8,10-11,16-17,19-20,24-28,30-31,33,37,40,46,49,55H,4-6,9,12-15,18,21-23,29,32,34-36,38-39,41-45,47-48,50-54H2,1-3H3/b10-7-,11-8-,19-16-,20-17-,27-24-,28-25-,30-26-,33-31-,40-37-,49-46-. The number of rotatable bonds is 44. The Morgan fingerprint density at radius 1 is 0.344 bits per heavy atom. The molecule has 6 heteroatoms. The zero-order valence-electron chi connectivity index (χ0n) is 41.0. The summed E-state index contributed by atoms with van der Waals surface area (Å²) in [4.78, 5) is 37.9. The van der Waals surface area contributed by atoms with Crippen molar-refractivity contribution in [3.63, 3.8) is 0 Å². The summed E-state index contributed by atoms with van der Waals surface area (Å²) in [6.45, 7) is 6.27. The third kappa shape index (κ3) is 48.8. The van der Waals surface area contributed by atoms with Crippen LogP contribution >= 0.6 is 0 Å². The molecule has 0 aliphatic carbocycles. The Labute approximate surface area is 392 Å². The first-order chi connectivity index (χ1) is 31.5. The van der Waals surface area contributed by atoms with Gasteiger partial charge in [0.2, 0.25) is 0 Å². The van der Waals surface area contributed by atoms with Crippen molar-refractivity contribution < 1.29 is 28.6 Å². The second kappa shape index (κ2) is 51.4. The molecule has 0 saturated carbocycles. The van der Waals surface area contributed by atoms with E-state index in [2.05, 4.69) is 130 Å². The third-order valence-corrected chi connectivity index (χ3v) is 10.2. The number of allylic oxidation sites excluding steroid dienone is 19. The molecule has 0 aromatic carbocycles. The zero-order valence-corrected chi connectivity index (χ0v) is 41.0. The van der Waals surface area contributed by atoms with Gasteiger partial charge in [-0.1, -0.05) is 200 Å². The second-order valence-electron chi connectivity index (χ2n) is 16.3. The van der Waals surface area contributed by atoms with Gasteiger partial charge in [-0.25, -0.2) is 0 Å². The molecule has 0 aliphatic rings. The fourth-order valence-corrected chi connectivity index (χ4v) is 6.44. The topological polar surface area (TPSA) is 78.9 Å². The first-order valence-electron chi connectivity index (χ1n) is 25.5. The summed E-state index contributed by atoms with van der Waals surface area (Å²) in [5, 5.41) is 0. The molecule has 6 nitrogen and oxygen atoms in total. The predicted molar refractivity (Wildman–Crippen MR) is 274 cm³/mol. The molecule has 0 spiro atoms. The number of carbonyl (C=O) groups is 3. The molecule has 0 radical (unpaired) electrons. The highest BCUT2D eigenvalue weighted by Gasteiger charge is 2.19. The van der Waals surface area contributed by atoms with E-state index >= 15 is 0 Å². The summed E-state index contributed by atoms with van der Waals surface area (Å²) in [6.07, 6.45) is 70.6. The molecule has 0 aliphatic heterocycles. The van der Waals surface area contributed by atoms with Crippen molar-refractivity contribution in [3.8, 4) is 0 Å². The Balaban J connectivity index is 4.58. The van der Waals surface area contributed by atoms with Crippen LogP contribution in [0, 0.1) is 0 Å². The third-order valence-electron chi connectivity index (χ3n) is 10.2. The Morgan fingerprint density at radius 2 is 0.656 bits per heavy atom. The van der Waals surface area contributed by atoms with Crippen molar-refractivity contribution in [1.82, 2.24) is 0 Å². The van der Waals surface area contributed by atoms with Gasteiger partial charge in [-0.15, -0.1) is 0 Å². The van der Waals surface area contributed by atoms with Crippen LogP contribution in [0.1, 0.15) is 207 Å². The summed E-state index contributed by atoms with van der Waals surface area (Å²) < 4.78 is 16.7. The molecule has 64 heavy (non-hydrogen) atoms. The molecule has 0 aromatic heterocycles. The van der Waals surface area contributed by atoms with Gasteiger partial charge in [-0.3, -0.25) is 14.4 Å². The van der Waals surface area contributed by atoms with Gasteiger partial charge < -0.3 is 14.2 Å². The smallest absolute Gasteiger partial charge is 0.310 e. The lowest BCUT2D eigenvalue weighted by Crippen LogP contribution is -2.30. The molecular formula is C58H92O6. The van der Waals surface area contributed by atoms with Crippen molar-refractivity contribution in [2.75, 3.05) is 13.2 Å². The van der Waals surface area contributed by atoms with E-state index in [1.54, 1.807) is 6.08 Å². The minimum atomic E-state index is -0.849. The molecule has 0 amide bonds. The fourth-order valence-electron chi connectivity index (χ4n) is 6.44. The first-order valence-corrected chi connectivity index (χ1v) is 25.5. The number of carbonyl (C=O) groups excluding carboxylic acids is 3. The molecule has 0 rings (SSSR count). The van der Waals surface area contributed by atoms with Crippen molar-refractivity contribution in [2.24, 2.45) is 0 Å². The second-order valence-corrected chi connectivity index (χ2v) is 16.3. The highest BCUT2D eigenvalue weighted by atomic mass is 16.6. The van der Waals surface area contributed by atoms with Gasteiger partial charge in [-0.2, -0.15) is 0 Å². The van der Waals surface area contributed by atoms with E-state index in [0.717, 1.165) is 116 Å². The molecule has 0 N–H and O–H groups in total. The van der Waals surface area contributed by atoms with Crippen LogP contribution in [0.3, 0.4) is 0 Å². The summed E-state index contributed by atoms with van der Waals surface area (Å²) >= 11 is 0. The van der Waals surface area contributed by atoms with Gasteiger partial charge in [0.15, 0.2) is 6.10 Å². The normalized spacial score (nSPS) is 13.1. The summed E-state index contributed by atoms with van der Waals surface area (Å²) in [5.74, 6) is -1.10. The average Bonchev–Trinajstić information content (AvgIpc) is 3.29. The molecule has 0 heterocycles. The van der Waals surface area contributed by atoms with E-state index in [-0.39, 0.29) is 31.6 Å². The van der Waals surface area contributed by atoms with Gasteiger partial charge in [0, 0.05) is 12.8 Å². The molecule has 0 saturated heterocycles. The van der Waals surface area contributed by atoms with Crippen LogP contribution in [-0.2, 0) is 28.6 Å². The number of unbranched alkanes of at least 4 members (excludes halogenated alkanes) is 14. The fraction of sp³-hybridized carbons (Fsp3) is 0.603. The monoisotopic (exact) mass is 885 g/mol. The largest absolute Gasteiger partial charge is 0.462 e. The van der Waals surface area contributed by atoms with Crippen LogP contribution in [0.5, 0.6) is 0 Å². The van der Waals surface area contributed by atoms with Crippen molar-refractivity contribution >= 4 is 17.9 Å². The first kappa shape index (κ1) is 59.8. The van der Waals surface area contributed by atoms with E-state index in [9.17, 15) is 14.4 Å². The molecule has 1 unspecified atom stereocenters. The Hall–Kier alpha value is -4.19. The summed E-state index contributed by atoms with van der Waals surface area (Å²) in [6, 6.07) is 0. The lowest BCUT2D eigenvalue weighted by atomic mass is 10.1. The maximum Gasteiger partial charge on any atom is 0.310 e. The summed E-state index contributed by atoms with van der Waals surface area (Å²) in [7, 11) is 0.